The van der Waals surface area contributed by atoms with Crippen molar-refractivity contribution in [1.82, 2.24) is 4.90 Å². The van der Waals surface area contributed by atoms with Crippen LogP contribution in [-0.4, -0.2) is 39.7 Å². The summed E-state index contributed by atoms with van der Waals surface area (Å²) in [6.45, 7) is -0.257. The Morgan fingerprint density at radius 3 is 2.91 bits per heavy atom. The number of methoxy groups -OCH3 is 1. The minimum absolute atomic E-state index is 0.0706. The van der Waals surface area contributed by atoms with Gasteiger partial charge in [0, 0.05) is 12.1 Å². The fourth-order valence-electron chi connectivity index (χ4n) is 1.71. The third kappa shape index (κ3) is 3.49. The predicted molar refractivity (Wildman–Crippen MR) is 85.0 cm³/mol. The Bertz CT molecular complexity index is 701. The molecule has 0 bridgehead atoms. The van der Waals surface area contributed by atoms with E-state index in [0.29, 0.717) is 10.5 Å². The van der Waals surface area contributed by atoms with Crippen LogP contribution in [0.2, 0.25) is 0 Å². The number of carbonyl (C=O) groups is 2. The van der Waals surface area contributed by atoms with Crippen LogP contribution in [0.5, 0.6) is 0 Å². The predicted octanol–water partition coefficient (Wildman–Crippen LogP) is 1.97. The first-order valence-electron chi connectivity index (χ1n) is 5.99. The van der Waals surface area contributed by atoms with E-state index in [0.717, 1.165) is 16.7 Å². The first kappa shape index (κ1) is 16.1. The fraction of sp³-hybridized carbons (Fsp3) is 0.154. The van der Waals surface area contributed by atoms with Crippen molar-refractivity contribution in [2.45, 2.75) is 0 Å². The summed E-state index contributed by atoms with van der Waals surface area (Å²) >= 11 is 6.09. The maximum Gasteiger partial charge on any atom is 0.325 e. The molecular weight excluding hydrogens is 328 g/mol. The molecule has 1 aromatic rings. The van der Waals surface area contributed by atoms with Crippen LogP contribution in [0.4, 0.5) is 5.69 Å². The lowest BCUT2D eigenvalue weighted by Crippen LogP contribution is -2.33. The number of thioether (sulfide) groups is 1. The molecule has 1 saturated heterocycles. The van der Waals surface area contributed by atoms with Crippen LogP contribution in [0.25, 0.3) is 6.08 Å². The summed E-state index contributed by atoms with van der Waals surface area (Å²) in [6.07, 6.45) is 1.50. The van der Waals surface area contributed by atoms with Crippen LogP contribution in [-0.2, 0) is 14.3 Å². The van der Waals surface area contributed by atoms with Crippen molar-refractivity contribution < 1.29 is 19.2 Å². The molecule has 1 heterocycles. The lowest BCUT2D eigenvalue weighted by Gasteiger charge is -2.11. The Balaban J connectivity index is 2.24. The number of nitrogens with zero attached hydrogens (tertiary/aromatic N) is 2. The summed E-state index contributed by atoms with van der Waals surface area (Å²) < 4.78 is 4.75. The monoisotopic (exact) mass is 338 g/mol. The van der Waals surface area contributed by atoms with Crippen molar-refractivity contribution in [3.63, 3.8) is 0 Å². The lowest BCUT2D eigenvalue weighted by molar-refractivity contribution is -0.384. The van der Waals surface area contributed by atoms with E-state index in [4.69, 9.17) is 12.2 Å². The summed E-state index contributed by atoms with van der Waals surface area (Å²) in [6, 6.07) is 5.88. The van der Waals surface area contributed by atoms with Crippen LogP contribution in [0.1, 0.15) is 5.56 Å². The van der Waals surface area contributed by atoms with E-state index in [-0.39, 0.29) is 16.6 Å². The van der Waals surface area contributed by atoms with Gasteiger partial charge in [-0.25, -0.2) is 0 Å². The lowest BCUT2D eigenvalue weighted by atomic mass is 10.2. The molecule has 7 nitrogen and oxygen atoms in total. The zero-order chi connectivity index (χ0) is 16.3. The molecule has 0 radical (unpaired) electrons. The summed E-state index contributed by atoms with van der Waals surface area (Å²) in [4.78, 5) is 35.1. The largest absolute Gasteiger partial charge is 0.468 e. The van der Waals surface area contributed by atoms with Gasteiger partial charge in [-0.15, -0.1) is 0 Å². The van der Waals surface area contributed by atoms with Gasteiger partial charge in [0.05, 0.1) is 16.9 Å². The number of esters is 1. The number of hydrogen-bond donors (Lipinski definition) is 0. The van der Waals surface area contributed by atoms with Gasteiger partial charge >= 0.3 is 5.97 Å². The molecule has 0 atom stereocenters. The average molecular weight is 338 g/mol. The third-order valence-corrected chi connectivity index (χ3v) is 4.15. The van der Waals surface area contributed by atoms with Crippen molar-refractivity contribution in [1.29, 1.82) is 0 Å². The third-order valence-electron chi connectivity index (χ3n) is 2.77. The molecule has 1 aliphatic rings. The van der Waals surface area contributed by atoms with Gasteiger partial charge < -0.3 is 4.74 Å². The molecule has 1 aliphatic heterocycles. The Labute approximate surface area is 135 Å². The topological polar surface area (TPSA) is 89.8 Å². The molecule has 0 N–H and O–H groups in total. The number of nitro groups is 1. The first-order valence-corrected chi connectivity index (χ1v) is 7.21. The van der Waals surface area contributed by atoms with Gasteiger partial charge in [-0.3, -0.25) is 24.6 Å². The second kappa shape index (κ2) is 6.67. The van der Waals surface area contributed by atoms with Crippen molar-refractivity contribution in [2.24, 2.45) is 0 Å². The van der Waals surface area contributed by atoms with E-state index in [9.17, 15) is 19.7 Å². The number of ether oxygens (including phenoxy) is 1. The molecule has 2 rings (SSSR count). The van der Waals surface area contributed by atoms with Gasteiger partial charge in [0.1, 0.15) is 10.9 Å². The van der Waals surface area contributed by atoms with E-state index in [1.807, 2.05) is 0 Å². The number of benzene rings is 1. The van der Waals surface area contributed by atoms with Crippen LogP contribution < -0.4 is 0 Å². The van der Waals surface area contributed by atoms with Crippen molar-refractivity contribution in [3.05, 3.63) is 44.8 Å². The highest BCUT2D eigenvalue weighted by Gasteiger charge is 2.33. The fourth-order valence-corrected chi connectivity index (χ4v) is 2.96. The number of hydrogen-bond acceptors (Lipinski definition) is 7. The number of thiocarbonyl (C=S) groups is 1. The summed E-state index contributed by atoms with van der Waals surface area (Å²) in [5, 5.41) is 10.7. The Kier molecular flexibility index (Phi) is 4.88. The molecule has 1 aromatic carbocycles. The van der Waals surface area contributed by atoms with Gasteiger partial charge in [-0.1, -0.05) is 36.1 Å². The van der Waals surface area contributed by atoms with Crippen LogP contribution in [0, 0.1) is 10.1 Å². The SMILES string of the molecule is COC(=O)CN1C(=O)/C(=C\c2cccc([N+](=O)[O-])c2)SC1=S. The Hall–Kier alpha value is -2.26. The van der Waals surface area contributed by atoms with E-state index >= 15 is 0 Å². The zero-order valence-corrected chi connectivity index (χ0v) is 13.0. The molecule has 0 aromatic heterocycles. The molecule has 22 heavy (non-hydrogen) atoms. The normalized spacial score (nSPS) is 16.2. The van der Waals surface area contributed by atoms with Gasteiger partial charge in [0.2, 0.25) is 0 Å². The second-order valence-electron chi connectivity index (χ2n) is 4.20. The van der Waals surface area contributed by atoms with Gasteiger partial charge in [-0.05, 0) is 11.6 Å². The molecule has 1 amide bonds. The van der Waals surface area contributed by atoms with Crippen LogP contribution in [0.15, 0.2) is 29.2 Å². The highest BCUT2D eigenvalue weighted by Crippen LogP contribution is 2.32. The molecule has 9 heteroatoms. The van der Waals surface area contributed by atoms with Crippen LogP contribution in [0.3, 0.4) is 0 Å². The maximum absolute atomic E-state index is 12.2. The molecule has 0 spiro atoms. The highest BCUT2D eigenvalue weighted by atomic mass is 32.2. The number of rotatable bonds is 4. The number of amides is 1. The standard InChI is InChI=1S/C13H10N2O5S2/c1-20-11(16)7-14-12(17)10(22-13(14)21)6-8-3-2-4-9(5-8)15(18)19/h2-6H,7H2,1H3/b10-6+. The number of carbonyl (C=O) groups excluding carboxylic acids is 2. The average Bonchev–Trinajstić information content (AvgIpc) is 2.75. The van der Waals surface area contributed by atoms with E-state index in [1.54, 1.807) is 6.07 Å². The second-order valence-corrected chi connectivity index (χ2v) is 5.87. The number of non-ortho nitro benzene ring substituents is 1. The minimum atomic E-state index is -0.576. The first-order chi connectivity index (χ1) is 10.4. The Morgan fingerprint density at radius 1 is 1.55 bits per heavy atom. The van der Waals surface area contributed by atoms with Gasteiger partial charge in [-0.2, -0.15) is 0 Å². The summed E-state index contributed by atoms with van der Waals surface area (Å²) in [7, 11) is 1.22. The number of nitro benzene ring substituents is 1. The van der Waals surface area contributed by atoms with Crippen LogP contribution >= 0.6 is 24.0 Å². The molecular formula is C13H10N2O5S2. The minimum Gasteiger partial charge on any atom is -0.468 e. The smallest absolute Gasteiger partial charge is 0.325 e. The van der Waals surface area contributed by atoms with Gasteiger partial charge in [0.25, 0.3) is 11.6 Å². The molecule has 0 aliphatic carbocycles. The maximum atomic E-state index is 12.2. The molecule has 0 unspecified atom stereocenters. The van der Waals surface area contributed by atoms with Crippen molar-refractivity contribution in [2.75, 3.05) is 13.7 Å². The van der Waals surface area contributed by atoms with Gasteiger partial charge in [0.15, 0.2) is 0 Å². The summed E-state index contributed by atoms with van der Waals surface area (Å²) in [5.74, 6) is -1.00. The molecule has 0 saturated carbocycles. The van der Waals surface area contributed by atoms with Crippen molar-refractivity contribution >= 4 is 51.9 Å². The zero-order valence-electron chi connectivity index (χ0n) is 11.3. The Morgan fingerprint density at radius 2 is 2.27 bits per heavy atom. The van der Waals surface area contributed by atoms with E-state index in [2.05, 4.69) is 4.74 Å². The van der Waals surface area contributed by atoms with Crippen molar-refractivity contribution in [3.8, 4) is 0 Å². The highest BCUT2D eigenvalue weighted by molar-refractivity contribution is 8.26. The van der Waals surface area contributed by atoms with E-state index in [1.165, 1.54) is 31.4 Å². The summed E-state index contributed by atoms with van der Waals surface area (Å²) in [5.41, 5.74) is 0.437. The quantitative estimate of drug-likeness (QED) is 0.272. The van der Waals surface area contributed by atoms with E-state index < -0.39 is 16.8 Å². The molecule has 1 fully saturated rings. The molecule has 114 valence electrons.